The first-order valence-corrected chi connectivity index (χ1v) is 25.1. The van der Waals surface area contributed by atoms with Crippen molar-refractivity contribution >= 4 is 11.9 Å². The fraction of sp³-hybridized carbons (Fsp3) is 0.958. The van der Waals surface area contributed by atoms with Crippen molar-refractivity contribution in [2.45, 2.75) is 268 Å². The highest BCUT2D eigenvalue weighted by Gasteiger charge is 2.47. The Bertz CT molecular complexity index is 1110. The first-order chi connectivity index (χ1) is 30.5. The van der Waals surface area contributed by atoms with Crippen LogP contribution in [0.2, 0.25) is 0 Å². The lowest BCUT2D eigenvalue weighted by Crippen LogP contribution is -2.61. The summed E-state index contributed by atoms with van der Waals surface area (Å²) < 4.78 is 33.5. The zero-order valence-electron chi connectivity index (χ0n) is 39.1. The molecule has 2 aliphatic heterocycles. The van der Waals surface area contributed by atoms with E-state index in [0.29, 0.717) is 12.8 Å². The number of aliphatic hydroxyl groups is 7. The molecule has 2 rings (SSSR count). The highest BCUT2D eigenvalue weighted by Crippen LogP contribution is 2.26. The van der Waals surface area contributed by atoms with E-state index in [-0.39, 0.29) is 26.1 Å². The summed E-state index contributed by atoms with van der Waals surface area (Å²) >= 11 is 0. The lowest BCUT2D eigenvalue weighted by atomic mass is 9.98. The number of hydrogen-bond donors (Lipinski definition) is 7. The Morgan fingerprint density at radius 1 is 0.444 bits per heavy atom. The van der Waals surface area contributed by atoms with Crippen LogP contribution in [0.4, 0.5) is 0 Å². The van der Waals surface area contributed by atoms with E-state index >= 15 is 0 Å². The van der Waals surface area contributed by atoms with Gasteiger partial charge in [0.1, 0.15) is 55.4 Å². The lowest BCUT2D eigenvalue weighted by molar-refractivity contribution is -0.332. The second kappa shape index (κ2) is 36.6. The fourth-order valence-corrected chi connectivity index (χ4v) is 8.16. The number of esters is 2. The summed E-state index contributed by atoms with van der Waals surface area (Å²) in [5, 5.41) is 72.0. The van der Waals surface area contributed by atoms with Gasteiger partial charge in [-0.05, 0) is 12.8 Å². The van der Waals surface area contributed by atoms with Gasteiger partial charge in [0.15, 0.2) is 18.7 Å². The van der Waals surface area contributed by atoms with Crippen LogP contribution in [0.15, 0.2) is 0 Å². The molecule has 15 nitrogen and oxygen atoms in total. The molecule has 2 heterocycles. The second-order valence-corrected chi connectivity index (χ2v) is 18.0. The van der Waals surface area contributed by atoms with Gasteiger partial charge in [-0.3, -0.25) is 9.59 Å². The van der Waals surface area contributed by atoms with Gasteiger partial charge < -0.3 is 64.2 Å². The van der Waals surface area contributed by atoms with Gasteiger partial charge in [-0.2, -0.15) is 0 Å². The molecule has 0 unspecified atom stereocenters. The molecule has 2 fully saturated rings. The molecule has 2 saturated heterocycles. The third-order valence-electron chi connectivity index (χ3n) is 12.3. The van der Waals surface area contributed by atoms with Crippen LogP contribution in [-0.2, 0) is 38.0 Å². The van der Waals surface area contributed by atoms with Crippen molar-refractivity contribution in [3.05, 3.63) is 0 Å². The second-order valence-electron chi connectivity index (χ2n) is 18.0. The minimum absolute atomic E-state index is 0.173. The average molecular weight is 907 g/mol. The Hall–Kier alpha value is -1.50. The number of aliphatic hydroxyl groups excluding tert-OH is 7. The molecular weight excluding hydrogens is 817 g/mol. The van der Waals surface area contributed by atoms with E-state index in [9.17, 15) is 45.3 Å². The Labute approximate surface area is 378 Å². The molecule has 11 atom stereocenters. The lowest BCUT2D eigenvalue weighted by Gasteiger charge is -2.42. The topological polar surface area (TPSA) is 231 Å². The van der Waals surface area contributed by atoms with Crippen LogP contribution in [0.1, 0.15) is 200 Å². The van der Waals surface area contributed by atoms with Crippen LogP contribution in [0.3, 0.4) is 0 Å². The van der Waals surface area contributed by atoms with Gasteiger partial charge >= 0.3 is 11.9 Å². The molecule has 15 heteroatoms. The molecule has 2 aliphatic rings. The Morgan fingerprint density at radius 3 is 1.24 bits per heavy atom. The maximum atomic E-state index is 13.0. The Morgan fingerprint density at radius 2 is 0.810 bits per heavy atom. The Kier molecular flexibility index (Phi) is 33.5. The number of carbonyl (C=O) groups is 2. The van der Waals surface area contributed by atoms with Crippen LogP contribution in [-0.4, -0.2) is 142 Å². The van der Waals surface area contributed by atoms with E-state index in [2.05, 4.69) is 13.8 Å². The molecule has 7 N–H and O–H groups in total. The van der Waals surface area contributed by atoms with Crippen LogP contribution >= 0.6 is 0 Å². The Balaban J connectivity index is 1.82. The SMILES string of the molecule is CCCCCCCCCCCCCCCCCC(=O)O[C@H](COC(=O)CCCCCCCCCCCCCC)CO[C@@H]1O[C@@H](CO[C@H]2O[C@@H](CO)[C@H](O)[C@H](O)[C@H]2O)[C@H](O)[C@H](O)[C@@H]1O. The highest BCUT2D eigenvalue weighted by atomic mass is 16.7. The van der Waals surface area contributed by atoms with Crippen LogP contribution < -0.4 is 0 Å². The number of hydrogen-bond acceptors (Lipinski definition) is 15. The molecule has 0 aliphatic carbocycles. The highest BCUT2D eigenvalue weighted by molar-refractivity contribution is 5.70. The van der Waals surface area contributed by atoms with E-state index in [1.54, 1.807) is 0 Å². The molecule has 0 spiro atoms. The summed E-state index contributed by atoms with van der Waals surface area (Å²) in [7, 11) is 0. The van der Waals surface area contributed by atoms with Gasteiger partial charge in [-0.15, -0.1) is 0 Å². The number of carbonyl (C=O) groups excluding carboxylic acids is 2. The molecule has 63 heavy (non-hydrogen) atoms. The third-order valence-corrected chi connectivity index (χ3v) is 12.3. The summed E-state index contributed by atoms with van der Waals surface area (Å²) in [6, 6.07) is 0. The molecule has 0 saturated carbocycles. The van der Waals surface area contributed by atoms with Gasteiger partial charge in [-0.1, -0.05) is 174 Å². The van der Waals surface area contributed by atoms with Crippen molar-refractivity contribution in [1.82, 2.24) is 0 Å². The van der Waals surface area contributed by atoms with Crippen molar-refractivity contribution in [2.75, 3.05) is 26.4 Å². The van der Waals surface area contributed by atoms with Gasteiger partial charge in [-0.25, -0.2) is 0 Å². The van der Waals surface area contributed by atoms with Gasteiger partial charge in [0, 0.05) is 12.8 Å². The number of rotatable bonds is 39. The largest absolute Gasteiger partial charge is 0.462 e. The molecule has 0 aromatic rings. The maximum absolute atomic E-state index is 13.0. The van der Waals surface area contributed by atoms with Crippen molar-refractivity contribution in [2.24, 2.45) is 0 Å². The van der Waals surface area contributed by atoms with Gasteiger partial charge in [0.05, 0.1) is 19.8 Å². The quantitative estimate of drug-likeness (QED) is 0.0260. The fourth-order valence-electron chi connectivity index (χ4n) is 8.16. The summed E-state index contributed by atoms with van der Waals surface area (Å²) in [5.41, 5.74) is 0. The molecule has 0 amide bonds. The zero-order chi connectivity index (χ0) is 46.1. The van der Waals surface area contributed by atoms with E-state index in [4.69, 9.17) is 28.4 Å². The minimum atomic E-state index is -1.76. The molecule has 0 aromatic carbocycles. The predicted molar refractivity (Wildman–Crippen MR) is 238 cm³/mol. The number of ether oxygens (including phenoxy) is 6. The third kappa shape index (κ3) is 25.3. The molecule has 372 valence electrons. The summed E-state index contributed by atoms with van der Waals surface area (Å²) in [6.45, 7) is 2.61. The zero-order valence-corrected chi connectivity index (χ0v) is 39.1. The summed E-state index contributed by atoms with van der Waals surface area (Å²) in [5.74, 6) is -0.912. The van der Waals surface area contributed by atoms with Crippen molar-refractivity contribution in [3.63, 3.8) is 0 Å². The van der Waals surface area contributed by atoms with Crippen LogP contribution in [0.5, 0.6) is 0 Å². The van der Waals surface area contributed by atoms with Crippen LogP contribution in [0, 0.1) is 0 Å². The van der Waals surface area contributed by atoms with Gasteiger partial charge in [0.25, 0.3) is 0 Å². The van der Waals surface area contributed by atoms with Crippen LogP contribution in [0.25, 0.3) is 0 Å². The van der Waals surface area contributed by atoms with E-state index in [0.717, 1.165) is 38.5 Å². The molecule has 0 radical (unpaired) electrons. The standard InChI is InChI=1S/C48H90O15/c1-3-5-7-9-11-13-15-17-18-19-21-23-25-27-29-31-40(51)61-36(33-58-39(50)30-28-26-24-22-20-16-14-12-10-8-6-4-2)34-59-47-46(57)44(55)42(53)38(63-47)35-60-48-45(56)43(54)41(52)37(32-49)62-48/h36-38,41-49,52-57H,3-35H2,1-2H3/t36-,37+,38+,41+,42+,43+,44+,45-,46+,47-,48+/m1/s1. The van der Waals surface area contributed by atoms with Gasteiger partial charge in [0.2, 0.25) is 0 Å². The van der Waals surface area contributed by atoms with Crippen molar-refractivity contribution in [1.29, 1.82) is 0 Å². The van der Waals surface area contributed by atoms with E-state index < -0.39 is 92.7 Å². The van der Waals surface area contributed by atoms with Crippen molar-refractivity contribution in [3.8, 4) is 0 Å². The smallest absolute Gasteiger partial charge is 0.306 e. The minimum Gasteiger partial charge on any atom is -0.462 e. The summed E-state index contributed by atoms with van der Waals surface area (Å²) in [6.07, 6.45) is 15.6. The maximum Gasteiger partial charge on any atom is 0.306 e. The van der Waals surface area contributed by atoms with E-state index in [1.165, 1.54) is 122 Å². The molecular formula is C48H90O15. The normalized spacial score (nSPS) is 26.7. The molecule has 0 bridgehead atoms. The predicted octanol–water partition coefficient (Wildman–Crippen LogP) is 6.43. The average Bonchev–Trinajstić information content (AvgIpc) is 3.28. The summed E-state index contributed by atoms with van der Waals surface area (Å²) in [4.78, 5) is 25.7. The molecule has 0 aromatic heterocycles. The first-order valence-electron chi connectivity index (χ1n) is 25.1. The van der Waals surface area contributed by atoms with Crippen molar-refractivity contribution < 1.29 is 73.8 Å². The van der Waals surface area contributed by atoms with E-state index in [1.807, 2.05) is 0 Å². The first kappa shape index (κ1) is 57.6. The monoisotopic (exact) mass is 907 g/mol. The number of unbranched alkanes of at least 4 members (excludes halogenated alkanes) is 25.